The average molecular weight is 316 g/mol. The highest BCUT2D eigenvalue weighted by Crippen LogP contribution is 2.17. The van der Waals surface area contributed by atoms with Gasteiger partial charge in [0.05, 0.1) is 12.4 Å². The zero-order valence-electron chi connectivity index (χ0n) is 11.6. The number of aliphatic hydroxyl groups is 1. The Morgan fingerprint density at radius 2 is 2.00 bits per heavy atom. The van der Waals surface area contributed by atoms with Crippen LogP contribution in [-0.4, -0.2) is 42.0 Å². The highest BCUT2D eigenvalue weighted by atomic mass is 32.2. The first kappa shape index (κ1) is 17.0. The zero-order valence-corrected chi connectivity index (χ0v) is 13.2. The van der Waals surface area contributed by atoms with Crippen molar-refractivity contribution >= 4 is 27.2 Å². The molecular weight excluding hydrogens is 296 g/mol. The van der Waals surface area contributed by atoms with Crippen molar-refractivity contribution in [2.75, 3.05) is 13.2 Å². The van der Waals surface area contributed by atoms with Crippen LogP contribution < -0.4 is 5.73 Å². The Balaban J connectivity index is 3.10. The summed E-state index contributed by atoms with van der Waals surface area (Å²) in [6.07, 6.45) is 0. The van der Waals surface area contributed by atoms with Gasteiger partial charge < -0.3 is 10.8 Å². The first-order valence-corrected chi connectivity index (χ1v) is 8.29. The quantitative estimate of drug-likeness (QED) is 0.729. The molecule has 0 atom stereocenters. The van der Waals surface area contributed by atoms with E-state index in [2.05, 4.69) is 0 Å². The van der Waals surface area contributed by atoms with Crippen LogP contribution in [0.5, 0.6) is 0 Å². The molecule has 0 aliphatic rings. The SMILES string of the molecule is CC(C)N(CCO)S(=O)(=O)Cc1ccccc1C(N)=S. The van der Waals surface area contributed by atoms with Crippen LogP contribution in [0.25, 0.3) is 0 Å². The molecule has 0 unspecified atom stereocenters. The van der Waals surface area contributed by atoms with E-state index in [9.17, 15) is 8.42 Å². The van der Waals surface area contributed by atoms with Crippen LogP contribution in [-0.2, 0) is 15.8 Å². The molecule has 0 fully saturated rings. The van der Waals surface area contributed by atoms with Gasteiger partial charge in [0.2, 0.25) is 10.0 Å². The molecule has 20 heavy (non-hydrogen) atoms. The molecular formula is C13H20N2O3S2. The number of nitrogens with two attached hydrogens (primary N) is 1. The highest BCUT2D eigenvalue weighted by Gasteiger charge is 2.25. The fourth-order valence-corrected chi connectivity index (χ4v) is 3.99. The molecule has 0 bridgehead atoms. The lowest BCUT2D eigenvalue weighted by atomic mass is 10.1. The van der Waals surface area contributed by atoms with Crippen LogP contribution >= 0.6 is 12.2 Å². The van der Waals surface area contributed by atoms with E-state index in [1.807, 2.05) is 0 Å². The first-order chi connectivity index (χ1) is 9.29. The van der Waals surface area contributed by atoms with E-state index in [1.54, 1.807) is 38.1 Å². The van der Waals surface area contributed by atoms with Crippen molar-refractivity contribution < 1.29 is 13.5 Å². The van der Waals surface area contributed by atoms with Crippen molar-refractivity contribution in [3.8, 4) is 0 Å². The minimum Gasteiger partial charge on any atom is -0.395 e. The van der Waals surface area contributed by atoms with Crippen LogP contribution in [0.15, 0.2) is 24.3 Å². The summed E-state index contributed by atoms with van der Waals surface area (Å²) in [4.78, 5) is 0.175. The smallest absolute Gasteiger partial charge is 0.218 e. The number of nitrogens with zero attached hydrogens (tertiary/aromatic N) is 1. The summed E-state index contributed by atoms with van der Waals surface area (Å²) >= 11 is 4.94. The van der Waals surface area contributed by atoms with Crippen LogP contribution in [0.4, 0.5) is 0 Å². The van der Waals surface area contributed by atoms with Crippen molar-refractivity contribution in [1.82, 2.24) is 4.31 Å². The summed E-state index contributed by atoms with van der Waals surface area (Å²) in [6, 6.07) is 6.70. The first-order valence-electron chi connectivity index (χ1n) is 6.27. The Bertz CT molecular complexity index is 571. The van der Waals surface area contributed by atoms with E-state index >= 15 is 0 Å². The standard InChI is InChI=1S/C13H20N2O3S2/c1-10(2)15(7-8-16)20(17,18)9-11-5-3-4-6-12(11)13(14)19/h3-6,10,16H,7-9H2,1-2H3,(H2,14,19). The lowest BCUT2D eigenvalue weighted by molar-refractivity contribution is 0.236. The monoisotopic (exact) mass is 316 g/mol. The summed E-state index contributed by atoms with van der Waals surface area (Å²) in [7, 11) is -3.53. The molecule has 0 aliphatic carbocycles. The average Bonchev–Trinajstić information content (AvgIpc) is 2.35. The van der Waals surface area contributed by atoms with Crippen molar-refractivity contribution in [3.63, 3.8) is 0 Å². The molecule has 7 heteroatoms. The molecule has 3 N–H and O–H groups in total. The van der Waals surface area contributed by atoms with E-state index in [4.69, 9.17) is 23.1 Å². The van der Waals surface area contributed by atoms with E-state index in [1.165, 1.54) is 4.31 Å². The van der Waals surface area contributed by atoms with Gasteiger partial charge in [0.25, 0.3) is 0 Å². The summed E-state index contributed by atoms with van der Waals surface area (Å²) in [6.45, 7) is 3.41. The van der Waals surface area contributed by atoms with Gasteiger partial charge in [-0.3, -0.25) is 0 Å². The number of hydrogen-bond acceptors (Lipinski definition) is 4. The van der Waals surface area contributed by atoms with Crippen LogP contribution in [0, 0.1) is 0 Å². The molecule has 0 aromatic heterocycles. The maximum absolute atomic E-state index is 12.4. The Labute approximate surface area is 125 Å². The van der Waals surface area contributed by atoms with E-state index in [0.29, 0.717) is 11.1 Å². The van der Waals surface area contributed by atoms with Gasteiger partial charge in [0.15, 0.2) is 0 Å². The number of rotatable bonds is 7. The summed E-state index contributed by atoms with van der Waals surface area (Å²) in [5, 5.41) is 9.01. The molecule has 5 nitrogen and oxygen atoms in total. The highest BCUT2D eigenvalue weighted by molar-refractivity contribution is 7.88. The van der Waals surface area contributed by atoms with Crippen LogP contribution in [0.1, 0.15) is 25.0 Å². The number of benzene rings is 1. The Morgan fingerprint density at radius 1 is 1.40 bits per heavy atom. The third kappa shape index (κ3) is 4.24. The Kier molecular flexibility index (Phi) is 6.07. The topological polar surface area (TPSA) is 83.6 Å². The maximum atomic E-state index is 12.4. The van der Waals surface area contributed by atoms with Gasteiger partial charge >= 0.3 is 0 Å². The predicted molar refractivity (Wildman–Crippen MR) is 83.9 cm³/mol. The van der Waals surface area contributed by atoms with Crippen molar-refractivity contribution in [3.05, 3.63) is 35.4 Å². The van der Waals surface area contributed by atoms with E-state index in [-0.39, 0.29) is 29.9 Å². The molecule has 0 spiro atoms. The molecule has 0 saturated heterocycles. The number of thiocarbonyl (C=S) groups is 1. The predicted octanol–water partition coefficient (Wildman–Crippen LogP) is 0.853. The van der Waals surface area contributed by atoms with Crippen LogP contribution in [0.3, 0.4) is 0 Å². The van der Waals surface area contributed by atoms with Crippen molar-refractivity contribution in [2.24, 2.45) is 5.73 Å². The number of aliphatic hydroxyl groups excluding tert-OH is 1. The van der Waals surface area contributed by atoms with Gasteiger partial charge in [-0.05, 0) is 19.4 Å². The maximum Gasteiger partial charge on any atom is 0.218 e. The molecule has 1 aromatic carbocycles. The number of hydrogen-bond donors (Lipinski definition) is 2. The minimum absolute atomic E-state index is 0.0786. The summed E-state index contributed by atoms with van der Waals surface area (Å²) in [5.41, 5.74) is 6.75. The lowest BCUT2D eigenvalue weighted by Gasteiger charge is -2.25. The second kappa shape index (κ2) is 7.12. The molecule has 0 heterocycles. The minimum atomic E-state index is -3.53. The van der Waals surface area contributed by atoms with Gasteiger partial charge in [-0.1, -0.05) is 36.5 Å². The largest absolute Gasteiger partial charge is 0.395 e. The summed E-state index contributed by atoms with van der Waals surface area (Å²) < 4.78 is 26.2. The van der Waals surface area contributed by atoms with Gasteiger partial charge in [0.1, 0.15) is 4.99 Å². The fraction of sp³-hybridized carbons (Fsp3) is 0.462. The molecule has 1 aromatic rings. The van der Waals surface area contributed by atoms with Gasteiger partial charge in [-0.25, -0.2) is 8.42 Å². The third-order valence-electron chi connectivity index (χ3n) is 2.87. The molecule has 1 rings (SSSR count). The molecule has 0 amide bonds. The summed E-state index contributed by atoms with van der Waals surface area (Å²) in [5.74, 6) is -0.182. The molecule has 0 saturated carbocycles. The van der Waals surface area contributed by atoms with E-state index in [0.717, 1.165) is 0 Å². The van der Waals surface area contributed by atoms with Gasteiger partial charge in [-0.15, -0.1) is 0 Å². The lowest BCUT2D eigenvalue weighted by Crippen LogP contribution is -2.39. The zero-order chi connectivity index (χ0) is 15.3. The fourth-order valence-electron chi connectivity index (χ4n) is 1.98. The Hall–Kier alpha value is -1.02. The van der Waals surface area contributed by atoms with Crippen molar-refractivity contribution in [1.29, 1.82) is 0 Å². The van der Waals surface area contributed by atoms with Gasteiger partial charge in [0, 0.05) is 18.2 Å². The molecule has 0 aliphatic heterocycles. The Morgan fingerprint density at radius 3 is 2.50 bits per heavy atom. The van der Waals surface area contributed by atoms with E-state index < -0.39 is 10.0 Å². The van der Waals surface area contributed by atoms with Crippen LogP contribution in [0.2, 0.25) is 0 Å². The molecule has 0 radical (unpaired) electrons. The molecule has 112 valence electrons. The third-order valence-corrected chi connectivity index (χ3v) is 5.09. The van der Waals surface area contributed by atoms with Gasteiger partial charge in [-0.2, -0.15) is 4.31 Å². The normalized spacial score (nSPS) is 12.1. The second-order valence-corrected chi connectivity index (χ2v) is 7.07. The van der Waals surface area contributed by atoms with Crippen molar-refractivity contribution in [2.45, 2.75) is 25.6 Å². The second-order valence-electron chi connectivity index (χ2n) is 4.71. The number of sulfonamides is 1.